The van der Waals surface area contributed by atoms with E-state index in [0.29, 0.717) is 23.7 Å². The van der Waals surface area contributed by atoms with Gasteiger partial charge in [0.25, 0.3) is 5.91 Å². The largest absolute Gasteiger partial charge is 0.419 e. The van der Waals surface area contributed by atoms with E-state index >= 15 is 0 Å². The van der Waals surface area contributed by atoms with Crippen molar-refractivity contribution in [3.63, 3.8) is 0 Å². The molecule has 0 spiro atoms. The number of hydrogen-bond donors (Lipinski definition) is 1. The molecule has 0 aromatic heterocycles. The van der Waals surface area contributed by atoms with Crippen LogP contribution in [0.15, 0.2) is 42.5 Å². The van der Waals surface area contributed by atoms with Gasteiger partial charge in [-0.25, -0.2) is 4.39 Å². The summed E-state index contributed by atoms with van der Waals surface area (Å²) < 4.78 is 52.4. The SMILES string of the molecule is CCCCCCCCCCCCNC(=O)c1ccc(CN(Cc2ccc(C(F)(F)F)c(F)c2)OC(C)=O)cc1. The Morgan fingerprint density at radius 1 is 0.821 bits per heavy atom. The lowest BCUT2D eigenvalue weighted by Crippen LogP contribution is -2.26. The fraction of sp³-hybridized carbons (Fsp3) is 0.533. The van der Waals surface area contributed by atoms with Gasteiger partial charge in [-0.2, -0.15) is 13.2 Å². The van der Waals surface area contributed by atoms with Crippen molar-refractivity contribution in [1.29, 1.82) is 0 Å². The molecule has 0 aliphatic rings. The number of nitrogens with zero attached hydrogens (tertiary/aromatic N) is 1. The first-order valence-electron chi connectivity index (χ1n) is 13.8. The van der Waals surface area contributed by atoms with Gasteiger partial charge in [-0.05, 0) is 41.8 Å². The number of carbonyl (C=O) groups is 2. The molecule has 0 aliphatic carbocycles. The van der Waals surface area contributed by atoms with E-state index in [0.717, 1.165) is 25.0 Å². The first-order chi connectivity index (χ1) is 18.6. The number of carbonyl (C=O) groups excluding carboxylic acids is 2. The topological polar surface area (TPSA) is 58.6 Å². The van der Waals surface area contributed by atoms with Crippen LogP contribution in [0.3, 0.4) is 0 Å². The first kappa shape index (κ1) is 32.3. The van der Waals surface area contributed by atoms with Gasteiger partial charge in [-0.15, -0.1) is 5.06 Å². The Bertz CT molecular complexity index is 1030. The van der Waals surface area contributed by atoms with Crippen molar-refractivity contribution in [3.8, 4) is 0 Å². The lowest BCUT2D eigenvalue weighted by atomic mass is 10.1. The van der Waals surface area contributed by atoms with Gasteiger partial charge < -0.3 is 10.2 Å². The summed E-state index contributed by atoms with van der Waals surface area (Å²) in [5.41, 5.74) is 0.0570. The molecular formula is C30H40F4N2O3. The van der Waals surface area contributed by atoms with Crippen molar-refractivity contribution >= 4 is 11.9 Å². The molecule has 1 N–H and O–H groups in total. The van der Waals surface area contributed by atoms with Gasteiger partial charge in [-0.1, -0.05) is 82.9 Å². The van der Waals surface area contributed by atoms with Crippen LogP contribution in [0.1, 0.15) is 105 Å². The van der Waals surface area contributed by atoms with E-state index in [4.69, 9.17) is 4.84 Å². The lowest BCUT2D eigenvalue weighted by molar-refractivity contribution is -0.194. The molecule has 0 bridgehead atoms. The standard InChI is InChI=1S/C30H40F4N2O3/c1-3-4-5-6-7-8-9-10-11-12-19-35-29(38)26-16-13-24(14-17-26)21-36(39-23(2)37)22-25-15-18-27(28(31)20-25)30(32,33)34/h13-18,20H,3-12,19,21-22H2,1-2H3,(H,35,38). The number of halogens is 4. The summed E-state index contributed by atoms with van der Waals surface area (Å²) in [5.74, 6) is -2.18. The Kier molecular flexibility index (Phi) is 14.0. The van der Waals surface area contributed by atoms with Gasteiger partial charge in [0.05, 0.1) is 18.7 Å². The molecule has 0 atom stereocenters. The van der Waals surface area contributed by atoms with Crippen LogP contribution in [-0.4, -0.2) is 23.5 Å². The van der Waals surface area contributed by atoms with Gasteiger partial charge in [-0.3, -0.25) is 9.59 Å². The number of amides is 1. The van der Waals surface area contributed by atoms with Crippen LogP contribution in [0.4, 0.5) is 17.6 Å². The average molecular weight is 553 g/mol. The Morgan fingerprint density at radius 2 is 1.36 bits per heavy atom. The van der Waals surface area contributed by atoms with Crippen LogP contribution >= 0.6 is 0 Å². The zero-order chi connectivity index (χ0) is 28.7. The minimum Gasteiger partial charge on any atom is -0.368 e. The third-order valence-corrected chi connectivity index (χ3v) is 6.35. The van der Waals surface area contributed by atoms with Gasteiger partial charge >= 0.3 is 12.1 Å². The number of unbranched alkanes of at least 4 members (excludes halogenated alkanes) is 9. The van der Waals surface area contributed by atoms with Crippen LogP contribution in [0, 0.1) is 5.82 Å². The number of hydroxylamine groups is 2. The molecule has 2 aromatic carbocycles. The van der Waals surface area contributed by atoms with Gasteiger partial charge in [0, 0.05) is 19.0 Å². The number of rotatable bonds is 17. The van der Waals surface area contributed by atoms with Crippen LogP contribution in [-0.2, 0) is 28.9 Å². The summed E-state index contributed by atoms with van der Waals surface area (Å²) in [4.78, 5) is 29.2. The van der Waals surface area contributed by atoms with Crippen LogP contribution < -0.4 is 5.32 Å². The fourth-order valence-corrected chi connectivity index (χ4v) is 4.27. The summed E-state index contributed by atoms with van der Waals surface area (Å²) in [6, 6.07) is 9.32. The molecule has 0 unspecified atom stereocenters. The van der Waals surface area contributed by atoms with Gasteiger partial charge in [0.15, 0.2) is 0 Å². The molecule has 0 aliphatic heterocycles. The Balaban J connectivity index is 1.79. The van der Waals surface area contributed by atoms with Crippen molar-refractivity contribution in [1.82, 2.24) is 10.4 Å². The minimum absolute atomic E-state index is 0.0999. The molecule has 0 saturated heterocycles. The summed E-state index contributed by atoms with van der Waals surface area (Å²) >= 11 is 0. The highest BCUT2D eigenvalue weighted by Gasteiger charge is 2.34. The molecule has 5 nitrogen and oxygen atoms in total. The Hall–Kier alpha value is -2.94. The third kappa shape index (κ3) is 12.6. The van der Waals surface area contributed by atoms with Crippen molar-refractivity contribution in [2.75, 3.05) is 6.54 Å². The first-order valence-corrected chi connectivity index (χ1v) is 13.8. The van der Waals surface area contributed by atoms with Crippen LogP contribution in [0.25, 0.3) is 0 Å². The highest BCUT2D eigenvalue weighted by atomic mass is 19.4. The van der Waals surface area contributed by atoms with Crippen molar-refractivity contribution in [3.05, 3.63) is 70.5 Å². The molecule has 0 heterocycles. The molecule has 1 amide bonds. The van der Waals surface area contributed by atoms with E-state index in [1.807, 2.05) is 0 Å². The van der Waals surface area contributed by atoms with Crippen molar-refractivity contribution in [2.24, 2.45) is 0 Å². The molecule has 0 saturated carbocycles. The van der Waals surface area contributed by atoms with Crippen molar-refractivity contribution in [2.45, 2.75) is 97.3 Å². The quantitative estimate of drug-likeness (QED) is 0.123. The summed E-state index contributed by atoms with van der Waals surface area (Å²) in [5, 5.41) is 4.16. The number of alkyl halides is 3. The molecule has 2 aromatic rings. The van der Waals surface area contributed by atoms with Crippen LogP contribution in [0.5, 0.6) is 0 Å². The molecule has 2 rings (SSSR count). The molecular weight excluding hydrogens is 512 g/mol. The number of nitrogens with one attached hydrogen (secondary N) is 1. The third-order valence-electron chi connectivity index (χ3n) is 6.35. The van der Waals surface area contributed by atoms with Crippen LogP contribution in [0.2, 0.25) is 0 Å². The van der Waals surface area contributed by atoms with Gasteiger partial charge in [0.1, 0.15) is 5.82 Å². The minimum atomic E-state index is -4.79. The second kappa shape index (κ2) is 16.9. The molecule has 9 heteroatoms. The normalized spacial score (nSPS) is 11.6. The highest BCUT2D eigenvalue weighted by molar-refractivity contribution is 5.94. The second-order valence-electron chi connectivity index (χ2n) is 9.83. The van der Waals surface area contributed by atoms with E-state index in [-0.39, 0.29) is 24.6 Å². The van der Waals surface area contributed by atoms with E-state index in [2.05, 4.69) is 12.2 Å². The summed E-state index contributed by atoms with van der Waals surface area (Å²) in [6.45, 7) is 4.01. The molecule has 216 valence electrons. The second-order valence-corrected chi connectivity index (χ2v) is 9.83. The summed E-state index contributed by atoms with van der Waals surface area (Å²) in [7, 11) is 0. The highest BCUT2D eigenvalue weighted by Crippen LogP contribution is 2.31. The predicted molar refractivity (Wildman–Crippen MR) is 143 cm³/mol. The van der Waals surface area contributed by atoms with E-state index in [1.54, 1.807) is 24.3 Å². The lowest BCUT2D eigenvalue weighted by Gasteiger charge is -2.21. The maximum atomic E-state index is 14.0. The zero-order valence-corrected chi connectivity index (χ0v) is 22.9. The Labute approximate surface area is 228 Å². The predicted octanol–water partition coefficient (Wildman–Crippen LogP) is 7.98. The van der Waals surface area contributed by atoms with E-state index < -0.39 is 23.5 Å². The van der Waals surface area contributed by atoms with Gasteiger partial charge in [0.2, 0.25) is 0 Å². The van der Waals surface area contributed by atoms with Crippen molar-refractivity contribution < 1.29 is 32.0 Å². The molecule has 39 heavy (non-hydrogen) atoms. The van der Waals surface area contributed by atoms with E-state index in [1.165, 1.54) is 63.4 Å². The number of benzene rings is 2. The monoisotopic (exact) mass is 552 g/mol. The smallest absolute Gasteiger partial charge is 0.368 e. The summed E-state index contributed by atoms with van der Waals surface area (Å²) in [6.07, 6.45) is 7.46. The zero-order valence-electron chi connectivity index (χ0n) is 22.9. The van der Waals surface area contributed by atoms with E-state index in [9.17, 15) is 27.2 Å². The maximum absolute atomic E-state index is 14.0. The Morgan fingerprint density at radius 3 is 1.90 bits per heavy atom. The maximum Gasteiger partial charge on any atom is 0.419 e. The number of hydrogen-bond acceptors (Lipinski definition) is 4. The fourth-order valence-electron chi connectivity index (χ4n) is 4.27. The molecule has 0 fully saturated rings. The molecule has 0 radical (unpaired) electrons. The average Bonchev–Trinajstić information content (AvgIpc) is 2.86.